The van der Waals surface area contributed by atoms with Crippen LogP contribution in [-0.4, -0.2) is 14.6 Å². The first kappa shape index (κ1) is 6.38. The minimum absolute atomic E-state index is 0.642. The molecule has 11 heavy (non-hydrogen) atoms. The topological polar surface area (TPSA) is 30.2 Å². The number of nitrogens with zero attached hydrogens (tertiary/aromatic N) is 3. The quantitative estimate of drug-likeness (QED) is 0.544. The van der Waals surface area contributed by atoms with E-state index in [1.54, 1.807) is 10.7 Å². The number of aryl methyl sites for hydroxylation is 1. The number of imidazole rings is 1. The molecule has 2 heterocycles. The number of hydrogen-bond acceptors (Lipinski definition) is 3. The molecule has 0 N–H and O–H groups in total. The van der Waals surface area contributed by atoms with Crippen LogP contribution in [0.25, 0.3) is 4.96 Å². The fourth-order valence-electron chi connectivity index (χ4n) is 0.869. The van der Waals surface area contributed by atoms with E-state index in [0.29, 0.717) is 5.69 Å². The summed E-state index contributed by atoms with van der Waals surface area (Å²) >= 11 is 1.53. The van der Waals surface area contributed by atoms with E-state index in [1.807, 2.05) is 6.92 Å². The molecule has 3 nitrogen and oxygen atoms in total. The summed E-state index contributed by atoms with van der Waals surface area (Å²) in [4.78, 5) is 4.99. The van der Waals surface area contributed by atoms with Crippen molar-refractivity contribution >= 4 is 16.3 Å². The Morgan fingerprint density at radius 2 is 2.55 bits per heavy atom. The average Bonchev–Trinajstić information content (AvgIpc) is 2.43. The molecule has 0 spiro atoms. The van der Waals surface area contributed by atoms with Gasteiger partial charge < -0.3 is 0 Å². The molecule has 2 rings (SSSR count). The fourth-order valence-corrected chi connectivity index (χ4v) is 1.59. The summed E-state index contributed by atoms with van der Waals surface area (Å²) < 4.78 is 1.70. The standard InChI is InChI=1S/C7H5N3S/c1-3-6-4-10-7(8-6)11-5(2)9-10/h1,4H,2H3. The van der Waals surface area contributed by atoms with Crippen LogP contribution >= 0.6 is 11.3 Å². The van der Waals surface area contributed by atoms with Crippen LogP contribution in [0.1, 0.15) is 10.7 Å². The van der Waals surface area contributed by atoms with Gasteiger partial charge in [0.1, 0.15) is 10.7 Å². The molecule has 0 saturated carbocycles. The van der Waals surface area contributed by atoms with Crippen LogP contribution in [0.15, 0.2) is 6.20 Å². The van der Waals surface area contributed by atoms with Gasteiger partial charge >= 0.3 is 0 Å². The summed E-state index contributed by atoms with van der Waals surface area (Å²) in [7, 11) is 0. The van der Waals surface area contributed by atoms with Crippen LogP contribution in [0.4, 0.5) is 0 Å². The molecule has 0 fully saturated rings. The second-order valence-corrected chi connectivity index (χ2v) is 3.28. The highest BCUT2D eigenvalue weighted by molar-refractivity contribution is 7.16. The van der Waals surface area contributed by atoms with E-state index in [-0.39, 0.29) is 0 Å². The average molecular weight is 163 g/mol. The third kappa shape index (κ3) is 0.900. The Balaban J connectivity index is 2.76. The van der Waals surface area contributed by atoms with Crippen molar-refractivity contribution in [2.45, 2.75) is 6.92 Å². The van der Waals surface area contributed by atoms with Gasteiger partial charge in [-0.2, -0.15) is 5.10 Å². The Kier molecular flexibility index (Phi) is 1.20. The van der Waals surface area contributed by atoms with Gasteiger partial charge in [-0.3, -0.25) is 0 Å². The van der Waals surface area contributed by atoms with E-state index in [4.69, 9.17) is 6.42 Å². The lowest BCUT2D eigenvalue weighted by Crippen LogP contribution is -1.79. The Bertz CT molecular complexity index is 400. The number of rotatable bonds is 0. The highest BCUT2D eigenvalue weighted by Gasteiger charge is 2.02. The molecule has 4 heteroatoms. The van der Waals surface area contributed by atoms with E-state index in [0.717, 1.165) is 9.97 Å². The molecule has 0 aliphatic heterocycles. The highest BCUT2D eigenvalue weighted by atomic mass is 32.1. The first-order valence-corrected chi connectivity index (χ1v) is 3.90. The SMILES string of the molecule is C#Cc1cn2nc(C)sc2n1. The maximum absolute atomic E-state index is 5.16. The Morgan fingerprint density at radius 3 is 3.18 bits per heavy atom. The van der Waals surface area contributed by atoms with Gasteiger partial charge in [0, 0.05) is 0 Å². The first-order chi connectivity index (χ1) is 5.29. The summed E-state index contributed by atoms with van der Waals surface area (Å²) in [5, 5.41) is 5.16. The van der Waals surface area contributed by atoms with E-state index in [9.17, 15) is 0 Å². The Labute approximate surface area is 67.7 Å². The van der Waals surface area contributed by atoms with Gasteiger partial charge in [0.15, 0.2) is 0 Å². The van der Waals surface area contributed by atoms with E-state index in [2.05, 4.69) is 16.0 Å². The summed E-state index contributed by atoms with van der Waals surface area (Å²) in [6.07, 6.45) is 6.91. The molecule has 0 aromatic carbocycles. The van der Waals surface area contributed by atoms with Gasteiger partial charge in [0.2, 0.25) is 4.96 Å². The van der Waals surface area contributed by atoms with Gasteiger partial charge in [0.25, 0.3) is 0 Å². The van der Waals surface area contributed by atoms with Crippen LogP contribution in [0.2, 0.25) is 0 Å². The molecular weight excluding hydrogens is 158 g/mol. The molecule has 0 radical (unpaired) electrons. The molecule has 0 saturated heterocycles. The van der Waals surface area contributed by atoms with Crippen molar-refractivity contribution in [2.75, 3.05) is 0 Å². The maximum Gasteiger partial charge on any atom is 0.213 e. The number of hydrogen-bond donors (Lipinski definition) is 0. The number of terminal acetylenes is 1. The zero-order valence-corrected chi connectivity index (χ0v) is 6.72. The van der Waals surface area contributed by atoms with Crippen molar-refractivity contribution in [1.29, 1.82) is 0 Å². The van der Waals surface area contributed by atoms with Gasteiger partial charge in [0.05, 0.1) is 6.20 Å². The molecule has 0 amide bonds. The van der Waals surface area contributed by atoms with Crippen molar-refractivity contribution in [3.63, 3.8) is 0 Å². The molecule has 2 aromatic rings. The maximum atomic E-state index is 5.16. The minimum atomic E-state index is 0.642. The number of fused-ring (bicyclic) bond motifs is 1. The van der Waals surface area contributed by atoms with Gasteiger partial charge in [-0.05, 0) is 12.8 Å². The second kappa shape index (κ2) is 2.07. The third-order valence-electron chi connectivity index (χ3n) is 1.29. The van der Waals surface area contributed by atoms with Crippen LogP contribution in [0.3, 0.4) is 0 Å². The number of aromatic nitrogens is 3. The molecule has 0 bridgehead atoms. The van der Waals surface area contributed by atoms with Crippen molar-refractivity contribution in [2.24, 2.45) is 0 Å². The van der Waals surface area contributed by atoms with Crippen molar-refractivity contribution in [3.8, 4) is 12.3 Å². The Hall–Kier alpha value is -1.34. The van der Waals surface area contributed by atoms with Crippen LogP contribution < -0.4 is 0 Å². The lowest BCUT2D eigenvalue weighted by molar-refractivity contribution is 0.945. The predicted molar refractivity (Wildman–Crippen MR) is 43.5 cm³/mol. The molecule has 54 valence electrons. The lowest BCUT2D eigenvalue weighted by Gasteiger charge is -1.74. The summed E-state index contributed by atoms with van der Waals surface area (Å²) in [5.74, 6) is 2.46. The predicted octanol–water partition coefficient (Wildman–Crippen LogP) is 1.08. The molecule has 0 atom stereocenters. The lowest BCUT2D eigenvalue weighted by atomic mass is 10.5. The monoisotopic (exact) mass is 163 g/mol. The third-order valence-corrected chi connectivity index (χ3v) is 2.13. The summed E-state index contributed by atoms with van der Waals surface area (Å²) in [6.45, 7) is 1.94. The van der Waals surface area contributed by atoms with Gasteiger partial charge in [-0.15, -0.1) is 6.42 Å². The van der Waals surface area contributed by atoms with Crippen LogP contribution in [0, 0.1) is 19.3 Å². The summed E-state index contributed by atoms with van der Waals surface area (Å²) in [5.41, 5.74) is 0.642. The first-order valence-electron chi connectivity index (χ1n) is 3.09. The molecule has 0 aliphatic rings. The van der Waals surface area contributed by atoms with E-state index in [1.165, 1.54) is 11.3 Å². The fraction of sp³-hybridized carbons (Fsp3) is 0.143. The van der Waals surface area contributed by atoms with Crippen molar-refractivity contribution < 1.29 is 0 Å². The molecule has 2 aromatic heterocycles. The Morgan fingerprint density at radius 1 is 1.73 bits per heavy atom. The van der Waals surface area contributed by atoms with Crippen LogP contribution in [0.5, 0.6) is 0 Å². The highest BCUT2D eigenvalue weighted by Crippen LogP contribution is 2.12. The van der Waals surface area contributed by atoms with Crippen LogP contribution in [-0.2, 0) is 0 Å². The smallest absolute Gasteiger partial charge is 0.210 e. The zero-order chi connectivity index (χ0) is 7.84. The molecule has 0 unspecified atom stereocenters. The van der Waals surface area contributed by atoms with E-state index >= 15 is 0 Å². The van der Waals surface area contributed by atoms with Crippen molar-refractivity contribution in [1.82, 2.24) is 14.6 Å². The van der Waals surface area contributed by atoms with Gasteiger partial charge in [-0.25, -0.2) is 9.50 Å². The zero-order valence-electron chi connectivity index (χ0n) is 5.90. The van der Waals surface area contributed by atoms with E-state index < -0.39 is 0 Å². The summed E-state index contributed by atoms with van der Waals surface area (Å²) in [6, 6.07) is 0. The van der Waals surface area contributed by atoms with Gasteiger partial charge in [-0.1, -0.05) is 11.3 Å². The normalized spacial score (nSPS) is 10.2. The second-order valence-electron chi connectivity index (χ2n) is 2.12. The molecular formula is C7H5N3S. The molecule has 0 aliphatic carbocycles. The minimum Gasteiger partial charge on any atom is -0.210 e. The largest absolute Gasteiger partial charge is 0.213 e. The van der Waals surface area contributed by atoms with Crippen molar-refractivity contribution in [3.05, 3.63) is 16.9 Å².